The standard InChI is InChI=1S/C41H46N2O7/c1-5-19-48-41(45)42-23-29-7-6-8-33(20-29)30-13-15-32(16-14-30)40-49-38(27(2)39(50-40)31-11-9-28(26-44)10-12-31)25-43-18-17-34-21-36(46-3)37(47-4)22-35(34)24-43/h5-16,20-22,27,38-40,44H,1,17-19,23-26H2,2-4H3,(H,42,45)/t27-,38+,39+,40+/m1/s1. The number of methoxy groups -OCH3 is 2. The molecule has 4 aromatic rings. The molecule has 0 aliphatic carbocycles. The number of aliphatic hydroxyl groups is 1. The van der Waals surface area contributed by atoms with Crippen LogP contribution in [-0.4, -0.2) is 56.1 Å². The van der Waals surface area contributed by atoms with Gasteiger partial charge in [-0.05, 0) is 63.6 Å². The molecule has 0 saturated carbocycles. The van der Waals surface area contributed by atoms with Crippen molar-refractivity contribution in [1.29, 1.82) is 0 Å². The molecule has 2 aliphatic rings. The number of hydrogen-bond acceptors (Lipinski definition) is 8. The van der Waals surface area contributed by atoms with Crippen LogP contribution in [0.1, 0.15) is 52.7 Å². The predicted octanol–water partition coefficient (Wildman–Crippen LogP) is 7.13. The van der Waals surface area contributed by atoms with Gasteiger partial charge in [0.2, 0.25) is 0 Å². The number of alkyl carbamates (subject to hydrolysis) is 1. The Labute approximate surface area is 294 Å². The fraction of sp³-hybridized carbons (Fsp3) is 0.341. The summed E-state index contributed by atoms with van der Waals surface area (Å²) in [7, 11) is 3.34. The Morgan fingerprint density at radius 2 is 1.64 bits per heavy atom. The van der Waals surface area contributed by atoms with Gasteiger partial charge in [-0.15, -0.1) is 0 Å². The lowest BCUT2D eigenvalue weighted by Gasteiger charge is -2.43. The fourth-order valence-corrected chi connectivity index (χ4v) is 6.73. The van der Waals surface area contributed by atoms with E-state index in [1.165, 1.54) is 17.2 Å². The highest BCUT2D eigenvalue weighted by atomic mass is 16.7. The summed E-state index contributed by atoms with van der Waals surface area (Å²) in [5.74, 6) is 1.57. The average Bonchev–Trinajstić information content (AvgIpc) is 3.16. The van der Waals surface area contributed by atoms with E-state index in [1.54, 1.807) is 14.2 Å². The van der Waals surface area contributed by atoms with Crippen LogP contribution in [0.3, 0.4) is 0 Å². The third-order valence-corrected chi connectivity index (χ3v) is 9.57. The van der Waals surface area contributed by atoms with Gasteiger partial charge in [0.15, 0.2) is 17.8 Å². The summed E-state index contributed by atoms with van der Waals surface area (Å²) in [5, 5.41) is 12.4. The molecule has 4 aromatic carbocycles. The first-order valence-corrected chi connectivity index (χ1v) is 17.1. The van der Waals surface area contributed by atoms with Crippen LogP contribution in [-0.2, 0) is 40.3 Å². The van der Waals surface area contributed by atoms with E-state index in [4.69, 9.17) is 23.7 Å². The SMILES string of the molecule is C=CCOC(=O)NCc1cccc(-c2ccc([C@H]3O[C@@H](CN4CCc5cc(OC)c(OC)cc5C4)[C@@H](C)[C@@H](c4ccc(CO)cc4)O3)cc2)c1. The Hall–Kier alpha value is -4.67. The van der Waals surface area contributed by atoms with Crippen molar-refractivity contribution in [2.24, 2.45) is 5.92 Å². The normalized spacial score (nSPS) is 20.4. The second kappa shape index (κ2) is 16.4. The number of fused-ring (bicyclic) bond motifs is 1. The van der Waals surface area contributed by atoms with E-state index < -0.39 is 12.4 Å². The van der Waals surface area contributed by atoms with Crippen LogP contribution in [0.5, 0.6) is 11.5 Å². The van der Waals surface area contributed by atoms with Crippen LogP contribution in [0, 0.1) is 5.92 Å². The van der Waals surface area contributed by atoms with Gasteiger partial charge >= 0.3 is 6.09 Å². The first kappa shape index (κ1) is 35.2. The van der Waals surface area contributed by atoms with Crippen LogP contribution < -0.4 is 14.8 Å². The minimum atomic E-state index is -0.564. The van der Waals surface area contributed by atoms with Crippen LogP contribution in [0.2, 0.25) is 0 Å². The number of rotatable bonds is 12. The lowest BCUT2D eigenvalue weighted by Crippen LogP contribution is -2.45. The minimum absolute atomic E-state index is 0.00312. The topological polar surface area (TPSA) is 98.7 Å². The molecule has 1 fully saturated rings. The van der Waals surface area contributed by atoms with Gasteiger partial charge in [-0.25, -0.2) is 4.79 Å². The Morgan fingerprint density at radius 3 is 2.34 bits per heavy atom. The molecule has 0 radical (unpaired) electrons. The largest absolute Gasteiger partial charge is 0.493 e. The van der Waals surface area contributed by atoms with Gasteiger partial charge < -0.3 is 34.1 Å². The van der Waals surface area contributed by atoms with Crippen molar-refractivity contribution in [3.63, 3.8) is 0 Å². The molecule has 6 rings (SSSR count). The number of ether oxygens (including phenoxy) is 5. The van der Waals surface area contributed by atoms with Gasteiger partial charge in [-0.2, -0.15) is 0 Å². The first-order chi connectivity index (χ1) is 24.4. The molecule has 0 unspecified atom stereocenters. The molecule has 262 valence electrons. The summed E-state index contributed by atoms with van der Waals surface area (Å²) < 4.78 is 29.7. The zero-order valence-corrected chi connectivity index (χ0v) is 29.0. The maximum absolute atomic E-state index is 11.9. The van der Waals surface area contributed by atoms with Gasteiger partial charge in [0.25, 0.3) is 0 Å². The monoisotopic (exact) mass is 678 g/mol. The molecule has 2 heterocycles. The van der Waals surface area contributed by atoms with Crippen LogP contribution in [0.4, 0.5) is 4.79 Å². The molecule has 0 spiro atoms. The highest BCUT2D eigenvalue weighted by Gasteiger charge is 2.39. The summed E-state index contributed by atoms with van der Waals surface area (Å²) in [5.41, 5.74) is 8.43. The molecule has 50 heavy (non-hydrogen) atoms. The fourth-order valence-electron chi connectivity index (χ4n) is 6.73. The van der Waals surface area contributed by atoms with Crippen LogP contribution in [0.25, 0.3) is 11.1 Å². The average molecular weight is 679 g/mol. The summed E-state index contributed by atoms with van der Waals surface area (Å²) in [6.07, 6.45) is 1.11. The number of amides is 1. The molecule has 9 heteroatoms. The van der Waals surface area contributed by atoms with E-state index in [-0.39, 0.29) is 31.3 Å². The lowest BCUT2D eigenvalue weighted by atomic mass is 9.89. The second-order valence-electron chi connectivity index (χ2n) is 12.8. The van der Waals surface area contributed by atoms with Crippen molar-refractivity contribution in [1.82, 2.24) is 10.2 Å². The van der Waals surface area contributed by atoms with Gasteiger partial charge in [0.05, 0.1) is 33.0 Å². The molecule has 2 aliphatic heterocycles. The molecule has 9 nitrogen and oxygen atoms in total. The third kappa shape index (κ3) is 8.20. The van der Waals surface area contributed by atoms with Crippen molar-refractivity contribution in [2.75, 3.05) is 33.9 Å². The number of aliphatic hydroxyl groups excluding tert-OH is 1. The summed E-state index contributed by atoms with van der Waals surface area (Å²) >= 11 is 0. The number of carbonyl (C=O) groups is 1. The number of nitrogens with zero attached hydrogens (tertiary/aromatic N) is 1. The van der Waals surface area contributed by atoms with Crippen LogP contribution >= 0.6 is 0 Å². The van der Waals surface area contributed by atoms with Crippen molar-refractivity contribution < 1.29 is 33.6 Å². The van der Waals surface area contributed by atoms with Crippen LogP contribution in [0.15, 0.2) is 97.6 Å². The second-order valence-corrected chi connectivity index (χ2v) is 12.8. The van der Waals surface area contributed by atoms with Crippen molar-refractivity contribution in [3.8, 4) is 22.6 Å². The van der Waals surface area contributed by atoms with E-state index in [2.05, 4.69) is 66.2 Å². The van der Waals surface area contributed by atoms with Gasteiger partial charge in [-0.1, -0.05) is 86.3 Å². The number of carbonyl (C=O) groups excluding carboxylic acids is 1. The van der Waals surface area contributed by atoms with Crippen molar-refractivity contribution in [3.05, 3.63) is 131 Å². The summed E-state index contributed by atoms with van der Waals surface area (Å²) in [6.45, 7) is 8.74. The Balaban J connectivity index is 1.20. The molecule has 4 atom stereocenters. The molecular weight excluding hydrogens is 632 g/mol. The highest BCUT2D eigenvalue weighted by molar-refractivity contribution is 5.68. The molecular formula is C41H46N2O7. The first-order valence-electron chi connectivity index (χ1n) is 17.1. The van der Waals surface area contributed by atoms with E-state index >= 15 is 0 Å². The van der Waals surface area contributed by atoms with E-state index in [1.807, 2.05) is 42.5 Å². The Kier molecular flexibility index (Phi) is 11.5. The van der Waals surface area contributed by atoms with Gasteiger partial charge in [0.1, 0.15) is 6.61 Å². The van der Waals surface area contributed by atoms with E-state index in [9.17, 15) is 9.90 Å². The lowest BCUT2D eigenvalue weighted by molar-refractivity contribution is -0.276. The maximum atomic E-state index is 11.9. The zero-order valence-electron chi connectivity index (χ0n) is 29.0. The Morgan fingerprint density at radius 1 is 0.920 bits per heavy atom. The van der Waals surface area contributed by atoms with E-state index in [0.717, 1.165) is 70.9 Å². The zero-order chi connectivity index (χ0) is 35.0. The van der Waals surface area contributed by atoms with E-state index in [0.29, 0.717) is 6.54 Å². The van der Waals surface area contributed by atoms with Crippen molar-refractivity contribution in [2.45, 2.75) is 51.5 Å². The maximum Gasteiger partial charge on any atom is 0.407 e. The smallest absolute Gasteiger partial charge is 0.407 e. The number of hydrogen-bond donors (Lipinski definition) is 2. The minimum Gasteiger partial charge on any atom is -0.493 e. The number of benzene rings is 4. The molecule has 2 N–H and O–H groups in total. The summed E-state index contributed by atoms with van der Waals surface area (Å²) in [6, 6.07) is 28.5. The predicted molar refractivity (Wildman–Crippen MR) is 192 cm³/mol. The van der Waals surface area contributed by atoms with Crippen molar-refractivity contribution >= 4 is 6.09 Å². The Bertz CT molecular complexity index is 1760. The third-order valence-electron chi connectivity index (χ3n) is 9.57. The number of nitrogens with one attached hydrogen (secondary N) is 1. The molecule has 0 aromatic heterocycles. The van der Waals surface area contributed by atoms with Gasteiger partial charge in [0, 0.05) is 37.7 Å². The quantitative estimate of drug-likeness (QED) is 0.153. The summed E-state index contributed by atoms with van der Waals surface area (Å²) in [4.78, 5) is 14.3. The molecule has 1 saturated heterocycles. The molecule has 1 amide bonds. The van der Waals surface area contributed by atoms with Gasteiger partial charge in [-0.3, -0.25) is 4.90 Å². The highest BCUT2D eigenvalue weighted by Crippen LogP contribution is 2.43. The molecule has 0 bridgehead atoms.